The van der Waals surface area contributed by atoms with Crippen LogP contribution in [0.2, 0.25) is 0 Å². The molecule has 0 aliphatic heterocycles. The summed E-state index contributed by atoms with van der Waals surface area (Å²) in [6.07, 6.45) is 4.01. The third kappa shape index (κ3) is 3.62. The molecule has 0 saturated heterocycles. The van der Waals surface area contributed by atoms with Crippen molar-refractivity contribution >= 4 is 5.91 Å². The molecular weight excluding hydrogens is 208 g/mol. The number of rotatable bonds is 6. The van der Waals surface area contributed by atoms with E-state index in [-0.39, 0.29) is 11.9 Å². The highest BCUT2D eigenvalue weighted by Gasteiger charge is 2.13. The Labute approximate surface area is 93.1 Å². The molecule has 86 valence electrons. The van der Waals surface area contributed by atoms with Gasteiger partial charge in [-0.1, -0.05) is 5.11 Å². The summed E-state index contributed by atoms with van der Waals surface area (Å²) in [6, 6.07) is 1.44. The van der Waals surface area contributed by atoms with Gasteiger partial charge in [-0.05, 0) is 24.9 Å². The van der Waals surface area contributed by atoms with Crippen LogP contribution in [0.25, 0.3) is 10.4 Å². The summed E-state index contributed by atoms with van der Waals surface area (Å²) in [5.41, 5.74) is 8.05. The minimum Gasteiger partial charge on any atom is -0.354 e. The van der Waals surface area contributed by atoms with Crippen LogP contribution in [0.1, 0.15) is 19.4 Å². The molecule has 0 aliphatic carbocycles. The lowest BCUT2D eigenvalue weighted by molar-refractivity contribution is -0.124. The number of amides is 1. The molecular formula is C9H14N6O. The van der Waals surface area contributed by atoms with E-state index in [1.807, 2.05) is 0 Å². The molecule has 0 saturated carbocycles. The monoisotopic (exact) mass is 222 g/mol. The molecule has 1 aromatic heterocycles. The van der Waals surface area contributed by atoms with E-state index in [1.54, 1.807) is 30.1 Å². The fourth-order valence-corrected chi connectivity index (χ4v) is 1.18. The maximum absolute atomic E-state index is 11.6. The summed E-state index contributed by atoms with van der Waals surface area (Å²) in [5.74, 6) is -0.0929. The smallest absolute Gasteiger partial charge is 0.244 e. The van der Waals surface area contributed by atoms with Crippen molar-refractivity contribution in [1.82, 2.24) is 15.1 Å². The molecule has 1 aromatic rings. The standard InChI is InChI=1S/C9H14N6O/c1-8(15-7-3-6-13-15)9(16)11-4-2-5-12-14-10/h3,6-8H,2,4-5H2,1H3,(H,11,16). The molecule has 0 spiro atoms. The third-order valence-corrected chi connectivity index (χ3v) is 2.10. The minimum absolute atomic E-state index is 0.0929. The maximum atomic E-state index is 11.6. The Hall–Kier alpha value is -2.01. The molecule has 1 amide bonds. The predicted molar refractivity (Wildman–Crippen MR) is 58.6 cm³/mol. The van der Waals surface area contributed by atoms with E-state index < -0.39 is 0 Å². The van der Waals surface area contributed by atoms with E-state index in [0.29, 0.717) is 19.5 Å². The van der Waals surface area contributed by atoms with Gasteiger partial charge in [-0.15, -0.1) is 0 Å². The molecule has 16 heavy (non-hydrogen) atoms. The fraction of sp³-hybridized carbons (Fsp3) is 0.556. The molecule has 1 unspecified atom stereocenters. The highest BCUT2D eigenvalue weighted by atomic mass is 16.2. The molecule has 1 N–H and O–H groups in total. The van der Waals surface area contributed by atoms with Crippen LogP contribution >= 0.6 is 0 Å². The Bertz CT molecular complexity index is 367. The fourth-order valence-electron chi connectivity index (χ4n) is 1.18. The van der Waals surface area contributed by atoms with E-state index >= 15 is 0 Å². The zero-order chi connectivity index (χ0) is 11.8. The van der Waals surface area contributed by atoms with Gasteiger partial charge in [0.15, 0.2) is 0 Å². The van der Waals surface area contributed by atoms with E-state index in [2.05, 4.69) is 20.4 Å². The first-order valence-electron chi connectivity index (χ1n) is 5.03. The maximum Gasteiger partial charge on any atom is 0.244 e. The zero-order valence-corrected chi connectivity index (χ0v) is 9.08. The molecule has 0 bridgehead atoms. The molecule has 0 aliphatic rings. The van der Waals surface area contributed by atoms with Crippen LogP contribution in [0.4, 0.5) is 0 Å². The zero-order valence-electron chi connectivity index (χ0n) is 9.08. The van der Waals surface area contributed by atoms with Gasteiger partial charge in [0.1, 0.15) is 6.04 Å². The molecule has 0 aromatic carbocycles. The van der Waals surface area contributed by atoms with Gasteiger partial charge in [-0.25, -0.2) is 0 Å². The second-order valence-corrected chi connectivity index (χ2v) is 3.26. The van der Waals surface area contributed by atoms with E-state index in [0.717, 1.165) is 0 Å². The lowest BCUT2D eigenvalue weighted by Gasteiger charge is -2.11. The second-order valence-electron chi connectivity index (χ2n) is 3.26. The molecule has 0 radical (unpaired) electrons. The lowest BCUT2D eigenvalue weighted by atomic mass is 10.3. The largest absolute Gasteiger partial charge is 0.354 e. The SMILES string of the molecule is CC(C(=O)NCCCN=[N+]=[N-])n1cccn1. The summed E-state index contributed by atoms with van der Waals surface area (Å²) in [7, 11) is 0. The first-order chi connectivity index (χ1) is 7.75. The van der Waals surface area contributed by atoms with Gasteiger partial charge in [0.05, 0.1) is 0 Å². The highest BCUT2D eigenvalue weighted by molar-refractivity contribution is 5.79. The molecule has 7 heteroatoms. The Morgan fingerprint density at radius 1 is 1.75 bits per heavy atom. The quantitative estimate of drug-likeness (QED) is 0.339. The van der Waals surface area contributed by atoms with Crippen LogP contribution in [-0.4, -0.2) is 28.8 Å². The van der Waals surface area contributed by atoms with E-state index in [4.69, 9.17) is 5.53 Å². The number of hydrogen-bond donors (Lipinski definition) is 1. The van der Waals surface area contributed by atoms with Gasteiger partial charge in [-0.2, -0.15) is 5.10 Å². The first kappa shape index (κ1) is 12.1. The number of carbonyl (C=O) groups is 1. The van der Waals surface area contributed by atoms with Crippen molar-refractivity contribution in [3.8, 4) is 0 Å². The molecule has 1 heterocycles. The van der Waals surface area contributed by atoms with Crippen LogP contribution in [-0.2, 0) is 4.79 Å². The molecule has 1 atom stereocenters. The Balaban J connectivity index is 2.27. The number of carbonyl (C=O) groups excluding carboxylic acids is 1. The topological polar surface area (TPSA) is 95.7 Å². The summed E-state index contributed by atoms with van der Waals surface area (Å²) in [4.78, 5) is 14.2. The number of hydrogen-bond acceptors (Lipinski definition) is 3. The number of aromatic nitrogens is 2. The molecule has 7 nitrogen and oxygen atoms in total. The van der Waals surface area contributed by atoms with Crippen molar-refractivity contribution in [2.24, 2.45) is 5.11 Å². The van der Waals surface area contributed by atoms with E-state index in [1.165, 1.54) is 0 Å². The highest BCUT2D eigenvalue weighted by Crippen LogP contribution is 2.02. The Kier molecular flexibility index (Phi) is 4.88. The lowest BCUT2D eigenvalue weighted by Crippen LogP contribution is -2.32. The summed E-state index contributed by atoms with van der Waals surface area (Å²) in [6.45, 7) is 2.67. The van der Waals surface area contributed by atoms with Crippen LogP contribution < -0.4 is 5.32 Å². The average molecular weight is 222 g/mol. The van der Waals surface area contributed by atoms with Crippen LogP contribution in [0, 0.1) is 0 Å². The van der Waals surface area contributed by atoms with Crippen molar-refractivity contribution in [1.29, 1.82) is 0 Å². The number of azide groups is 1. The van der Waals surface area contributed by atoms with Gasteiger partial charge in [0.25, 0.3) is 0 Å². The van der Waals surface area contributed by atoms with Crippen molar-refractivity contribution in [3.05, 3.63) is 28.9 Å². The number of nitrogens with zero attached hydrogens (tertiary/aromatic N) is 5. The van der Waals surface area contributed by atoms with Crippen molar-refractivity contribution in [3.63, 3.8) is 0 Å². The first-order valence-corrected chi connectivity index (χ1v) is 5.03. The van der Waals surface area contributed by atoms with Crippen molar-refractivity contribution < 1.29 is 4.79 Å². The minimum atomic E-state index is -0.325. The van der Waals surface area contributed by atoms with Crippen molar-refractivity contribution in [2.75, 3.05) is 13.1 Å². The van der Waals surface area contributed by atoms with Gasteiger partial charge < -0.3 is 5.32 Å². The second kappa shape index (κ2) is 6.47. The van der Waals surface area contributed by atoms with Crippen LogP contribution in [0.3, 0.4) is 0 Å². The van der Waals surface area contributed by atoms with Gasteiger partial charge >= 0.3 is 0 Å². The predicted octanol–water partition coefficient (Wildman–Crippen LogP) is 1.26. The summed E-state index contributed by atoms with van der Waals surface area (Å²) < 4.78 is 1.59. The molecule has 1 rings (SSSR count). The Morgan fingerprint density at radius 2 is 2.56 bits per heavy atom. The third-order valence-electron chi connectivity index (χ3n) is 2.10. The Morgan fingerprint density at radius 3 is 3.19 bits per heavy atom. The van der Waals surface area contributed by atoms with Gasteiger partial charge in [0.2, 0.25) is 5.91 Å². The van der Waals surface area contributed by atoms with Crippen molar-refractivity contribution in [2.45, 2.75) is 19.4 Å². The average Bonchev–Trinajstić information content (AvgIpc) is 2.81. The van der Waals surface area contributed by atoms with Gasteiger partial charge in [-0.3, -0.25) is 9.48 Å². The molecule has 0 fully saturated rings. The van der Waals surface area contributed by atoms with E-state index in [9.17, 15) is 4.79 Å². The van der Waals surface area contributed by atoms with Gasteiger partial charge in [0, 0.05) is 30.4 Å². The van der Waals surface area contributed by atoms with Crippen LogP contribution in [0.5, 0.6) is 0 Å². The number of nitrogens with one attached hydrogen (secondary N) is 1. The van der Waals surface area contributed by atoms with Crippen LogP contribution in [0.15, 0.2) is 23.6 Å². The summed E-state index contributed by atoms with van der Waals surface area (Å²) >= 11 is 0. The normalized spacial score (nSPS) is 11.6. The summed E-state index contributed by atoms with van der Waals surface area (Å²) in [5, 5.41) is 10.1.